The van der Waals surface area contributed by atoms with Crippen LogP contribution >= 0.6 is 0 Å². The molecule has 0 bridgehead atoms. The lowest BCUT2D eigenvalue weighted by molar-refractivity contribution is -0.130. The summed E-state index contributed by atoms with van der Waals surface area (Å²) in [6, 6.07) is 10.7. The fourth-order valence-electron chi connectivity index (χ4n) is 2.85. The Balaban J connectivity index is 1.80. The summed E-state index contributed by atoms with van der Waals surface area (Å²) in [5, 5.41) is 3.88. The van der Waals surface area contributed by atoms with E-state index in [-0.39, 0.29) is 29.6 Å². The van der Waals surface area contributed by atoms with E-state index < -0.39 is 15.9 Å². The zero-order valence-electron chi connectivity index (χ0n) is 16.8. The van der Waals surface area contributed by atoms with Gasteiger partial charge in [-0.25, -0.2) is 17.7 Å². The Morgan fingerprint density at radius 1 is 1.07 bits per heavy atom. The standard InChI is InChI=1S/C20H22N4O5S/c1-13-4-9-16(30(28,29)23(2)3)12-17(13)21-20(27)14-5-7-15(8-6-14)24-19(26)11-10-18(25)22-24/h4-9,12H,10-11H2,1-3H3,(H,21,27)(H,22,25). The van der Waals surface area contributed by atoms with Crippen LogP contribution in [-0.2, 0) is 19.6 Å². The molecule has 0 spiro atoms. The van der Waals surface area contributed by atoms with Gasteiger partial charge in [0.2, 0.25) is 21.8 Å². The third-order valence-electron chi connectivity index (χ3n) is 4.68. The van der Waals surface area contributed by atoms with Crippen molar-refractivity contribution in [3.63, 3.8) is 0 Å². The first-order valence-corrected chi connectivity index (χ1v) is 10.6. The van der Waals surface area contributed by atoms with Gasteiger partial charge in [0.25, 0.3) is 5.91 Å². The Morgan fingerprint density at radius 2 is 1.73 bits per heavy atom. The zero-order chi connectivity index (χ0) is 22.1. The number of hydrazine groups is 1. The highest BCUT2D eigenvalue weighted by Crippen LogP contribution is 2.23. The van der Waals surface area contributed by atoms with Crippen molar-refractivity contribution < 1.29 is 22.8 Å². The fourth-order valence-corrected chi connectivity index (χ4v) is 3.78. The summed E-state index contributed by atoms with van der Waals surface area (Å²) in [5.41, 5.74) is 4.34. The minimum Gasteiger partial charge on any atom is -0.322 e. The number of sulfonamides is 1. The first-order valence-electron chi connectivity index (χ1n) is 9.16. The summed E-state index contributed by atoms with van der Waals surface area (Å²) in [7, 11) is -0.764. The van der Waals surface area contributed by atoms with Crippen LogP contribution in [0.25, 0.3) is 0 Å². The van der Waals surface area contributed by atoms with Crippen molar-refractivity contribution in [3.8, 4) is 0 Å². The van der Waals surface area contributed by atoms with Gasteiger partial charge in [-0.1, -0.05) is 6.07 Å². The molecule has 3 rings (SSSR count). The van der Waals surface area contributed by atoms with Crippen LogP contribution in [0.1, 0.15) is 28.8 Å². The number of carbonyl (C=O) groups is 3. The van der Waals surface area contributed by atoms with E-state index in [1.165, 1.54) is 38.4 Å². The van der Waals surface area contributed by atoms with Gasteiger partial charge in [0.05, 0.1) is 10.6 Å². The average molecular weight is 430 g/mol. The highest BCUT2D eigenvalue weighted by Gasteiger charge is 2.24. The molecule has 2 aromatic rings. The van der Waals surface area contributed by atoms with Crippen LogP contribution in [0.4, 0.5) is 11.4 Å². The van der Waals surface area contributed by atoms with E-state index in [1.54, 1.807) is 25.1 Å². The number of benzene rings is 2. The number of hydrogen-bond acceptors (Lipinski definition) is 5. The maximum Gasteiger partial charge on any atom is 0.255 e. The van der Waals surface area contributed by atoms with E-state index in [9.17, 15) is 22.8 Å². The van der Waals surface area contributed by atoms with Crippen LogP contribution in [0.3, 0.4) is 0 Å². The summed E-state index contributed by atoms with van der Waals surface area (Å²) in [6.45, 7) is 1.76. The van der Waals surface area contributed by atoms with Gasteiger partial charge >= 0.3 is 0 Å². The van der Waals surface area contributed by atoms with E-state index in [0.717, 1.165) is 9.31 Å². The molecule has 1 aliphatic rings. The third-order valence-corrected chi connectivity index (χ3v) is 6.49. The van der Waals surface area contributed by atoms with Gasteiger partial charge in [0.1, 0.15) is 0 Å². The maximum absolute atomic E-state index is 12.6. The van der Waals surface area contributed by atoms with Crippen molar-refractivity contribution in [2.75, 3.05) is 24.4 Å². The number of nitrogens with one attached hydrogen (secondary N) is 2. The molecule has 1 heterocycles. The molecule has 0 atom stereocenters. The quantitative estimate of drug-likeness (QED) is 0.748. The van der Waals surface area contributed by atoms with E-state index in [1.807, 2.05) is 0 Å². The van der Waals surface area contributed by atoms with Crippen molar-refractivity contribution in [3.05, 3.63) is 53.6 Å². The SMILES string of the molecule is Cc1ccc(S(=O)(=O)N(C)C)cc1NC(=O)c1ccc(N2NC(=O)CCC2=O)cc1. The molecule has 158 valence electrons. The van der Waals surface area contributed by atoms with Crippen molar-refractivity contribution in [2.45, 2.75) is 24.7 Å². The molecule has 3 amide bonds. The number of amides is 3. The number of hydrogen-bond donors (Lipinski definition) is 2. The van der Waals surface area contributed by atoms with E-state index >= 15 is 0 Å². The monoisotopic (exact) mass is 430 g/mol. The number of aryl methyl sites for hydroxylation is 1. The summed E-state index contributed by atoms with van der Waals surface area (Å²) < 4.78 is 25.8. The normalized spacial score (nSPS) is 14.6. The average Bonchev–Trinajstić information content (AvgIpc) is 2.71. The van der Waals surface area contributed by atoms with Gasteiger partial charge in [-0.2, -0.15) is 0 Å². The smallest absolute Gasteiger partial charge is 0.255 e. The molecule has 0 saturated carbocycles. The van der Waals surface area contributed by atoms with Crippen molar-refractivity contribution in [2.24, 2.45) is 0 Å². The summed E-state index contributed by atoms with van der Waals surface area (Å²) >= 11 is 0. The largest absolute Gasteiger partial charge is 0.322 e. The Kier molecular flexibility index (Phi) is 5.90. The second kappa shape index (κ2) is 8.25. The minimum atomic E-state index is -3.63. The number of carbonyl (C=O) groups excluding carboxylic acids is 3. The second-order valence-corrected chi connectivity index (χ2v) is 9.18. The highest BCUT2D eigenvalue weighted by atomic mass is 32.2. The van der Waals surface area contributed by atoms with Gasteiger partial charge in [-0.3, -0.25) is 19.8 Å². The second-order valence-electron chi connectivity index (χ2n) is 7.03. The van der Waals surface area contributed by atoms with Gasteiger partial charge in [0.15, 0.2) is 0 Å². The van der Waals surface area contributed by atoms with Crippen LogP contribution in [0.5, 0.6) is 0 Å². The molecule has 0 radical (unpaired) electrons. The third kappa shape index (κ3) is 4.34. The van der Waals surface area contributed by atoms with E-state index in [2.05, 4.69) is 10.7 Å². The molecule has 30 heavy (non-hydrogen) atoms. The molecule has 2 N–H and O–H groups in total. The predicted octanol–water partition coefficient (Wildman–Crippen LogP) is 1.66. The fraction of sp³-hybridized carbons (Fsp3) is 0.250. The lowest BCUT2D eigenvalue weighted by atomic mass is 10.1. The van der Waals surface area contributed by atoms with E-state index in [4.69, 9.17) is 0 Å². The molecule has 9 nitrogen and oxygen atoms in total. The Hall–Kier alpha value is -3.24. The summed E-state index contributed by atoms with van der Waals surface area (Å²) in [5.74, 6) is -0.918. The lowest BCUT2D eigenvalue weighted by Gasteiger charge is -2.27. The van der Waals surface area contributed by atoms with Gasteiger partial charge in [0, 0.05) is 38.2 Å². The number of anilines is 2. The molecule has 0 aliphatic carbocycles. The molecular formula is C20H22N4O5S. The van der Waals surface area contributed by atoms with Crippen molar-refractivity contribution >= 4 is 39.1 Å². The topological polar surface area (TPSA) is 116 Å². The molecule has 0 aromatic heterocycles. The molecule has 0 unspecified atom stereocenters. The van der Waals surface area contributed by atoms with Crippen LogP contribution in [-0.4, -0.2) is 44.5 Å². The summed E-state index contributed by atoms with van der Waals surface area (Å²) in [4.78, 5) is 36.2. The van der Waals surface area contributed by atoms with Crippen LogP contribution in [0.2, 0.25) is 0 Å². The Bertz CT molecular complexity index is 1110. The Labute approximate surface area is 174 Å². The minimum absolute atomic E-state index is 0.0723. The summed E-state index contributed by atoms with van der Waals surface area (Å²) in [6.07, 6.45) is 0.275. The van der Waals surface area contributed by atoms with E-state index in [0.29, 0.717) is 22.5 Å². The van der Waals surface area contributed by atoms with Gasteiger partial charge < -0.3 is 5.32 Å². The first kappa shape index (κ1) is 21.5. The Morgan fingerprint density at radius 3 is 2.37 bits per heavy atom. The van der Waals surface area contributed by atoms with Crippen LogP contribution < -0.4 is 15.8 Å². The van der Waals surface area contributed by atoms with Crippen LogP contribution in [0.15, 0.2) is 47.4 Å². The number of rotatable bonds is 5. The molecule has 10 heteroatoms. The molecular weight excluding hydrogens is 408 g/mol. The zero-order valence-corrected chi connectivity index (χ0v) is 17.6. The molecule has 1 aliphatic heterocycles. The molecule has 2 aromatic carbocycles. The predicted molar refractivity (Wildman–Crippen MR) is 111 cm³/mol. The van der Waals surface area contributed by atoms with Crippen molar-refractivity contribution in [1.82, 2.24) is 9.73 Å². The molecule has 1 fully saturated rings. The lowest BCUT2D eigenvalue weighted by Crippen LogP contribution is -2.50. The maximum atomic E-state index is 12.6. The molecule has 1 saturated heterocycles. The van der Waals surface area contributed by atoms with Gasteiger partial charge in [-0.15, -0.1) is 0 Å². The number of nitrogens with zero attached hydrogens (tertiary/aromatic N) is 2. The van der Waals surface area contributed by atoms with Crippen LogP contribution in [0, 0.1) is 6.92 Å². The van der Waals surface area contributed by atoms with Gasteiger partial charge in [-0.05, 0) is 48.9 Å². The highest BCUT2D eigenvalue weighted by molar-refractivity contribution is 7.89. The van der Waals surface area contributed by atoms with Crippen molar-refractivity contribution in [1.29, 1.82) is 0 Å². The first-order chi connectivity index (χ1) is 14.1.